The molecule has 0 aliphatic rings. The average Bonchev–Trinajstić information content (AvgIpc) is 2.71. The Labute approximate surface area is 199 Å². The summed E-state index contributed by atoms with van der Waals surface area (Å²) in [4.78, 5) is 6.45. The lowest BCUT2D eigenvalue weighted by molar-refractivity contribution is -0.176. The summed E-state index contributed by atoms with van der Waals surface area (Å²) in [6.45, 7) is 1.75. The molecule has 0 radical (unpaired) electrons. The van der Waals surface area contributed by atoms with Gasteiger partial charge in [-0.2, -0.15) is 13.2 Å². The van der Waals surface area contributed by atoms with Gasteiger partial charge in [-0.05, 0) is 23.7 Å². The molecule has 0 saturated heterocycles. The Morgan fingerprint density at radius 1 is 0.968 bits per heavy atom. The monoisotopic (exact) mass is 550 g/mol. The van der Waals surface area contributed by atoms with Gasteiger partial charge < -0.3 is 20.3 Å². The molecule has 0 heterocycles. The molecule has 0 aliphatic heterocycles. The van der Waals surface area contributed by atoms with Gasteiger partial charge in [-0.25, -0.2) is 0 Å². The molecule has 2 aromatic carbocycles. The Bertz CT molecular complexity index is 771. The normalized spacial score (nSPS) is 11.9. The maximum absolute atomic E-state index is 12.1. The number of rotatable bonds is 10. The summed E-state index contributed by atoms with van der Waals surface area (Å²) in [5.41, 5.74) is 2.97. The van der Waals surface area contributed by atoms with Gasteiger partial charge in [0.2, 0.25) is 0 Å². The lowest BCUT2D eigenvalue weighted by Gasteiger charge is -2.18. The molecule has 0 bridgehead atoms. The molecule has 5 nitrogen and oxygen atoms in total. The van der Waals surface area contributed by atoms with Gasteiger partial charge in [0.1, 0.15) is 6.61 Å². The van der Waals surface area contributed by atoms with Gasteiger partial charge in [-0.1, -0.05) is 54.6 Å². The molecule has 0 aromatic heterocycles. The summed E-state index contributed by atoms with van der Waals surface area (Å²) < 4.78 is 41.0. The maximum atomic E-state index is 12.1. The highest BCUT2D eigenvalue weighted by Gasteiger charge is 2.27. The van der Waals surface area contributed by atoms with Crippen LogP contribution < -0.4 is 10.6 Å². The Morgan fingerprint density at radius 2 is 1.61 bits per heavy atom. The van der Waals surface area contributed by atoms with E-state index < -0.39 is 12.8 Å². The summed E-state index contributed by atoms with van der Waals surface area (Å²) >= 11 is 0. The molecule has 2 N–H and O–H groups in total. The van der Waals surface area contributed by atoms with E-state index in [1.54, 1.807) is 19.2 Å². The fourth-order valence-corrected chi connectivity index (χ4v) is 2.78. The first-order chi connectivity index (χ1) is 14.4. The van der Waals surface area contributed by atoms with E-state index in [1.807, 2.05) is 30.3 Å². The smallest absolute Gasteiger partial charge is 0.367 e. The molecule has 0 atom stereocenters. The minimum absolute atomic E-state index is 0. The number of halogens is 4. The number of nitrogens with zero attached hydrogens (tertiary/aromatic N) is 2. The summed E-state index contributed by atoms with van der Waals surface area (Å²) in [7, 11) is 3.79. The average molecular weight is 550 g/mol. The Morgan fingerprint density at radius 3 is 2.23 bits per heavy atom. The zero-order chi connectivity index (χ0) is 21.8. The molecule has 31 heavy (non-hydrogen) atoms. The highest BCUT2D eigenvalue weighted by Crippen LogP contribution is 2.15. The summed E-state index contributed by atoms with van der Waals surface area (Å²) in [6.07, 6.45) is -4.30. The molecule has 0 fully saturated rings. The third-order valence-corrected chi connectivity index (χ3v) is 4.32. The van der Waals surface area contributed by atoms with Gasteiger partial charge >= 0.3 is 6.18 Å². The van der Waals surface area contributed by atoms with Crippen LogP contribution in [-0.2, 0) is 24.4 Å². The van der Waals surface area contributed by atoms with Gasteiger partial charge in [0.15, 0.2) is 5.96 Å². The minimum Gasteiger partial charge on any atom is -0.367 e. The lowest BCUT2D eigenvalue weighted by atomic mass is 10.1. The molecule has 0 saturated carbocycles. The van der Waals surface area contributed by atoms with Crippen LogP contribution in [0, 0.1) is 0 Å². The first kappa shape index (κ1) is 27.2. The van der Waals surface area contributed by atoms with Crippen molar-refractivity contribution in [1.82, 2.24) is 15.5 Å². The SMILES string of the molecule is CN=C(NCCN(C)Cc1ccccc1)NCc1ccc(COCC(F)(F)F)cc1.I. The van der Waals surface area contributed by atoms with E-state index >= 15 is 0 Å². The zero-order valence-corrected chi connectivity index (χ0v) is 20.1. The predicted octanol–water partition coefficient (Wildman–Crippen LogP) is 4.18. The number of nitrogens with one attached hydrogen (secondary N) is 2. The Balaban J connectivity index is 0.00000480. The lowest BCUT2D eigenvalue weighted by Crippen LogP contribution is -2.40. The van der Waals surface area contributed by atoms with E-state index in [-0.39, 0.29) is 30.6 Å². The van der Waals surface area contributed by atoms with Crippen molar-refractivity contribution < 1.29 is 17.9 Å². The summed E-state index contributed by atoms with van der Waals surface area (Å²) in [5, 5.41) is 6.51. The van der Waals surface area contributed by atoms with E-state index in [2.05, 4.69) is 44.4 Å². The number of aliphatic imine (C=N–C) groups is 1. The quantitative estimate of drug-likeness (QED) is 0.265. The number of alkyl halides is 3. The predicted molar refractivity (Wildman–Crippen MR) is 129 cm³/mol. The van der Waals surface area contributed by atoms with Crippen molar-refractivity contribution >= 4 is 29.9 Å². The number of hydrogen-bond acceptors (Lipinski definition) is 3. The standard InChI is InChI=1S/C22H29F3N4O.HI/c1-26-21(27-12-13-29(2)15-19-6-4-3-5-7-19)28-14-18-8-10-20(11-9-18)16-30-17-22(23,24)25;/h3-11H,12-17H2,1-2H3,(H2,26,27,28);1H. The third-order valence-electron chi connectivity index (χ3n) is 4.32. The number of hydrogen-bond donors (Lipinski definition) is 2. The highest BCUT2D eigenvalue weighted by atomic mass is 127. The van der Waals surface area contributed by atoms with Crippen LogP contribution in [0.4, 0.5) is 13.2 Å². The van der Waals surface area contributed by atoms with Gasteiger partial charge in [-0.3, -0.25) is 4.99 Å². The van der Waals surface area contributed by atoms with Crippen LogP contribution in [-0.4, -0.2) is 50.8 Å². The molecular weight excluding hydrogens is 520 g/mol. The second-order valence-electron chi connectivity index (χ2n) is 7.00. The van der Waals surface area contributed by atoms with Crippen molar-refractivity contribution in [2.75, 3.05) is 33.8 Å². The van der Waals surface area contributed by atoms with Crippen LogP contribution in [0.2, 0.25) is 0 Å². The Hall–Kier alpha value is -1.85. The van der Waals surface area contributed by atoms with Crippen molar-refractivity contribution in [3.05, 3.63) is 71.3 Å². The third kappa shape index (κ3) is 11.9. The highest BCUT2D eigenvalue weighted by molar-refractivity contribution is 14.0. The van der Waals surface area contributed by atoms with E-state index in [9.17, 15) is 13.2 Å². The molecule has 0 aliphatic carbocycles. The largest absolute Gasteiger partial charge is 0.411 e. The molecule has 2 rings (SSSR count). The van der Waals surface area contributed by atoms with Crippen molar-refractivity contribution in [3.8, 4) is 0 Å². The van der Waals surface area contributed by atoms with E-state index in [1.165, 1.54) is 5.56 Å². The van der Waals surface area contributed by atoms with E-state index in [4.69, 9.17) is 0 Å². The number of benzene rings is 2. The summed E-state index contributed by atoms with van der Waals surface area (Å²) in [5.74, 6) is 0.695. The molecule has 9 heteroatoms. The van der Waals surface area contributed by atoms with Crippen LogP contribution in [0.25, 0.3) is 0 Å². The maximum Gasteiger partial charge on any atom is 0.411 e. The van der Waals surface area contributed by atoms with Gasteiger partial charge in [-0.15, -0.1) is 24.0 Å². The van der Waals surface area contributed by atoms with Crippen molar-refractivity contribution in [2.24, 2.45) is 4.99 Å². The summed E-state index contributed by atoms with van der Waals surface area (Å²) in [6, 6.07) is 17.6. The first-order valence-corrected chi connectivity index (χ1v) is 9.75. The van der Waals surface area contributed by atoms with Crippen LogP contribution in [0.5, 0.6) is 0 Å². The van der Waals surface area contributed by atoms with Gasteiger partial charge in [0.05, 0.1) is 6.61 Å². The van der Waals surface area contributed by atoms with Gasteiger partial charge in [0.25, 0.3) is 0 Å². The van der Waals surface area contributed by atoms with Crippen LogP contribution in [0.1, 0.15) is 16.7 Å². The van der Waals surface area contributed by atoms with Crippen LogP contribution >= 0.6 is 24.0 Å². The van der Waals surface area contributed by atoms with Gasteiger partial charge in [0, 0.05) is 33.2 Å². The molecule has 0 amide bonds. The molecule has 0 unspecified atom stereocenters. The minimum atomic E-state index is -4.30. The fourth-order valence-electron chi connectivity index (χ4n) is 2.78. The zero-order valence-electron chi connectivity index (χ0n) is 17.8. The second-order valence-corrected chi connectivity index (χ2v) is 7.00. The molecule has 172 valence electrons. The van der Waals surface area contributed by atoms with Crippen molar-refractivity contribution in [1.29, 1.82) is 0 Å². The van der Waals surface area contributed by atoms with Crippen LogP contribution in [0.15, 0.2) is 59.6 Å². The molecular formula is C22H30F3IN4O. The molecule has 2 aromatic rings. The fraction of sp³-hybridized carbons (Fsp3) is 0.409. The van der Waals surface area contributed by atoms with E-state index in [0.29, 0.717) is 18.1 Å². The van der Waals surface area contributed by atoms with Crippen molar-refractivity contribution in [3.63, 3.8) is 0 Å². The topological polar surface area (TPSA) is 48.9 Å². The first-order valence-electron chi connectivity index (χ1n) is 9.75. The van der Waals surface area contributed by atoms with Crippen molar-refractivity contribution in [2.45, 2.75) is 25.9 Å². The number of likely N-dealkylation sites (N-methyl/N-ethyl adjacent to an activating group) is 1. The van der Waals surface area contributed by atoms with E-state index in [0.717, 1.165) is 25.2 Å². The Kier molecular flexibility index (Phi) is 12.5. The number of ether oxygens (including phenoxy) is 1. The molecule has 0 spiro atoms. The number of guanidine groups is 1. The second kappa shape index (κ2) is 14.3. The van der Waals surface area contributed by atoms with Crippen LogP contribution in [0.3, 0.4) is 0 Å².